The molecule has 1 aliphatic heterocycles. The van der Waals surface area contributed by atoms with Crippen LogP contribution in [0.2, 0.25) is 0 Å². The fraction of sp³-hybridized carbons (Fsp3) is 0.222. The molecular formula is C18H17N5O2. The Labute approximate surface area is 144 Å². The zero-order chi connectivity index (χ0) is 17.4. The molecule has 1 amide bonds. The highest BCUT2D eigenvalue weighted by molar-refractivity contribution is 6.03. The Morgan fingerprint density at radius 1 is 1.28 bits per heavy atom. The Bertz CT molecular complexity index is 975. The zero-order valence-corrected chi connectivity index (χ0v) is 13.9. The van der Waals surface area contributed by atoms with Gasteiger partial charge in [-0.3, -0.25) is 4.79 Å². The van der Waals surface area contributed by atoms with Gasteiger partial charge in [-0.15, -0.1) is 0 Å². The maximum atomic E-state index is 12.6. The van der Waals surface area contributed by atoms with Gasteiger partial charge in [-0.05, 0) is 43.2 Å². The fourth-order valence-corrected chi connectivity index (χ4v) is 2.89. The van der Waals surface area contributed by atoms with E-state index in [9.17, 15) is 4.79 Å². The van der Waals surface area contributed by atoms with Gasteiger partial charge in [0.15, 0.2) is 17.7 Å². The van der Waals surface area contributed by atoms with E-state index in [1.807, 2.05) is 44.2 Å². The molecule has 1 N–H and O–H groups in total. The summed E-state index contributed by atoms with van der Waals surface area (Å²) in [4.78, 5) is 21.1. The first kappa shape index (κ1) is 15.3. The molecule has 1 unspecified atom stereocenters. The van der Waals surface area contributed by atoms with Crippen LogP contribution >= 0.6 is 0 Å². The van der Waals surface area contributed by atoms with Crippen molar-refractivity contribution in [1.82, 2.24) is 14.6 Å². The number of anilines is 1. The number of nitrogens with zero attached hydrogens (tertiary/aromatic N) is 4. The monoisotopic (exact) mass is 335 g/mol. The summed E-state index contributed by atoms with van der Waals surface area (Å²) in [5.74, 6) is -0.250. The van der Waals surface area contributed by atoms with Crippen LogP contribution in [-0.4, -0.2) is 33.5 Å². The molecule has 1 atom stereocenters. The number of benzene rings is 1. The number of ether oxygens (including phenoxy) is 1. The molecule has 0 saturated heterocycles. The summed E-state index contributed by atoms with van der Waals surface area (Å²) in [5, 5.41) is 7.27. The van der Waals surface area contributed by atoms with Crippen molar-refractivity contribution < 1.29 is 9.53 Å². The summed E-state index contributed by atoms with van der Waals surface area (Å²) in [7, 11) is 0. The van der Waals surface area contributed by atoms with Crippen LogP contribution in [0.1, 0.15) is 33.4 Å². The van der Waals surface area contributed by atoms with Gasteiger partial charge >= 0.3 is 0 Å². The Balaban J connectivity index is 1.57. The standard InChI is InChI=1S/C18H17N5O2/c1-11-7-12(2)22-23-16(8-19-17(11)23)18(24)21-14-5-3-13(4-6-14)15-9-25-10-20-15/h3-8,10,15H,9H2,1-2H3,(H,21,24). The van der Waals surface area contributed by atoms with Gasteiger partial charge in [0.2, 0.25) is 0 Å². The van der Waals surface area contributed by atoms with Crippen molar-refractivity contribution in [2.45, 2.75) is 19.9 Å². The molecule has 3 heterocycles. The van der Waals surface area contributed by atoms with Crippen LogP contribution in [0.5, 0.6) is 0 Å². The topological polar surface area (TPSA) is 80.9 Å². The van der Waals surface area contributed by atoms with Crippen LogP contribution in [-0.2, 0) is 4.74 Å². The summed E-state index contributed by atoms with van der Waals surface area (Å²) in [6.07, 6.45) is 3.02. The number of carbonyl (C=O) groups excluding carboxylic acids is 1. The molecule has 0 saturated carbocycles. The van der Waals surface area contributed by atoms with E-state index in [0.29, 0.717) is 23.6 Å². The first-order valence-electron chi connectivity index (χ1n) is 7.98. The SMILES string of the molecule is Cc1cc(C)c2ncc(C(=O)Nc3ccc(C4COC=N4)cc3)n2n1. The minimum atomic E-state index is -0.250. The molecule has 126 valence electrons. The van der Waals surface area contributed by atoms with Gasteiger partial charge in [0.25, 0.3) is 5.91 Å². The molecule has 3 aromatic rings. The molecule has 7 heteroatoms. The highest BCUT2D eigenvalue weighted by atomic mass is 16.5. The molecule has 2 aromatic heterocycles. The molecule has 0 bridgehead atoms. The van der Waals surface area contributed by atoms with Crippen molar-refractivity contribution in [3.63, 3.8) is 0 Å². The van der Waals surface area contributed by atoms with Crippen LogP contribution in [0.15, 0.2) is 41.5 Å². The highest BCUT2D eigenvalue weighted by Crippen LogP contribution is 2.22. The van der Waals surface area contributed by atoms with Crippen molar-refractivity contribution in [1.29, 1.82) is 0 Å². The van der Waals surface area contributed by atoms with Crippen molar-refractivity contribution in [2.75, 3.05) is 11.9 Å². The number of aryl methyl sites for hydroxylation is 2. The number of carbonyl (C=O) groups is 1. The van der Waals surface area contributed by atoms with Crippen molar-refractivity contribution in [3.05, 3.63) is 59.0 Å². The van der Waals surface area contributed by atoms with Crippen LogP contribution in [0, 0.1) is 13.8 Å². The second kappa shape index (κ2) is 6.01. The predicted molar refractivity (Wildman–Crippen MR) is 94.0 cm³/mol. The van der Waals surface area contributed by atoms with Gasteiger partial charge in [-0.1, -0.05) is 12.1 Å². The average molecular weight is 335 g/mol. The molecule has 0 fully saturated rings. The lowest BCUT2D eigenvalue weighted by atomic mass is 10.1. The lowest BCUT2D eigenvalue weighted by Crippen LogP contribution is -2.15. The van der Waals surface area contributed by atoms with Crippen LogP contribution in [0.25, 0.3) is 5.65 Å². The third kappa shape index (κ3) is 2.84. The number of imidazole rings is 1. The first-order valence-corrected chi connectivity index (χ1v) is 7.98. The summed E-state index contributed by atoms with van der Waals surface area (Å²) in [6.45, 7) is 4.40. The van der Waals surface area contributed by atoms with E-state index in [1.165, 1.54) is 6.40 Å². The molecule has 25 heavy (non-hydrogen) atoms. The fourth-order valence-electron chi connectivity index (χ4n) is 2.89. The molecule has 1 aromatic carbocycles. The number of hydrogen-bond donors (Lipinski definition) is 1. The molecule has 0 radical (unpaired) electrons. The minimum Gasteiger partial charge on any atom is -0.481 e. The van der Waals surface area contributed by atoms with E-state index in [1.54, 1.807) is 10.7 Å². The number of amides is 1. The number of hydrogen-bond acceptors (Lipinski definition) is 5. The zero-order valence-electron chi connectivity index (χ0n) is 13.9. The first-order chi connectivity index (χ1) is 12.1. The number of rotatable bonds is 3. The maximum Gasteiger partial charge on any atom is 0.276 e. The number of nitrogens with one attached hydrogen (secondary N) is 1. The minimum absolute atomic E-state index is 0.0266. The number of fused-ring (bicyclic) bond motifs is 1. The summed E-state index contributed by atoms with van der Waals surface area (Å²) >= 11 is 0. The molecular weight excluding hydrogens is 318 g/mol. The van der Waals surface area contributed by atoms with E-state index in [0.717, 1.165) is 16.8 Å². The predicted octanol–water partition coefficient (Wildman–Crippen LogP) is 2.70. The second-order valence-electron chi connectivity index (χ2n) is 6.03. The van der Waals surface area contributed by atoms with Gasteiger partial charge in [0.1, 0.15) is 12.6 Å². The summed E-state index contributed by atoms with van der Waals surface area (Å²) < 4.78 is 6.72. The summed E-state index contributed by atoms with van der Waals surface area (Å²) in [6, 6.07) is 9.56. The van der Waals surface area contributed by atoms with E-state index in [4.69, 9.17) is 4.74 Å². The normalized spacial score (nSPS) is 16.2. The van der Waals surface area contributed by atoms with E-state index in [2.05, 4.69) is 20.4 Å². The largest absolute Gasteiger partial charge is 0.481 e. The quantitative estimate of drug-likeness (QED) is 0.798. The third-order valence-corrected chi connectivity index (χ3v) is 4.13. The Morgan fingerprint density at radius 3 is 2.80 bits per heavy atom. The number of aromatic nitrogens is 3. The molecule has 7 nitrogen and oxygen atoms in total. The van der Waals surface area contributed by atoms with E-state index >= 15 is 0 Å². The van der Waals surface area contributed by atoms with Crippen molar-refractivity contribution >= 4 is 23.6 Å². The Morgan fingerprint density at radius 2 is 2.08 bits per heavy atom. The van der Waals surface area contributed by atoms with Crippen LogP contribution in [0.4, 0.5) is 5.69 Å². The maximum absolute atomic E-state index is 12.6. The summed E-state index contributed by atoms with van der Waals surface area (Å²) in [5.41, 5.74) is 4.66. The van der Waals surface area contributed by atoms with E-state index < -0.39 is 0 Å². The molecule has 4 rings (SSSR count). The molecule has 1 aliphatic rings. The van der Waals surface area contributed by atoms with Crippen LogP contribution in [0.3, 0.4) is 0 Å². The smallest absolute Gasteiger partial charge is 0.276 e. The second-order valence-corrected chi connectivity index (χ2v) is 6.03. The van der Waals surface area contributed by atoms with Gasteiger partial charge in [0, 0.05) is 5.69 Å². The van der Waals surface area contributed by atoms with Gasteiger partial charge in [-0.25, -0.2) is 14.5 Å². The lowest BCUT2D eigenvalue weighted by Gasteiger charge is -2.09. The Hall–Kier alpha value is -3.22. The number of aliphatic imine (C=N–C) groups is 1. The Kier molecular flexibility index (Phi) is 3.68. The van der Waals surface area contributed by atoms with Crippen molar-refractivity contribution in [2.24, 2.45) is 4.99 Å². The van der Waals surface area contributed by atoms with Gasteiger partial charge in [-0.2, -0.15) is 5.10 Å². The highest BCUT2D eigenvalue weighted by Gasteiger charge is 2.16. The van der Waals surface area contributed by atoms with Gasteiger partial charge in [0.05, 0.1) is 11.9 Å². The third-order valence-electron chi connectivity index (χ3n) is 4.13. The van der Waals surface area contributed by atoms with E-state index in [-0.39, 0.29) is 11.9 Å². The lowest BCUT2D eigenvalue weighted by molar-refractivity contribution is 0.102. The average Bonchev–Trinajstić information content (AvgIpc) is 3.25. The molecule has 0 aliphatic carbocycles. The van der Waals surface area contributed by atoms with Crippen molar-refractivity contribution in [3.8, 4) is 0 Å². The molecule has 0 spiro atoms. The van der Waals surface area contributed by atoms with Gasteiger partial charge < -0.3 is 10.1 Å². The van der Waals surface area contributed by atoms with Crippen LogP contribution < -0.4 is 5.32 Å².